The lowest BCUT2D eigenvalue weighted by atomic mass is 10.2. The highest BCUT2D eigenvalue weighted by Gasteiger charge is 2.09. The third kappa shape index (κ3) is 1.85. The molecule has 0 fully saturated rings. The van der Waals surface area contributed by atoms with Crippen LogP contribution in [-0.4, -0.2) is 16.3 Å². The zero-order valence-electron chi connectivity index (χ0n) is 8.12. The second-order valence-electron chi connectivity index (χ2n) is 3.19. The van der Waals surface area contributed by atoms with Gasteiger partial charge in [-0.15, -0.1) is 0 Å². The lowest BCUT2D eigenvalue weighted by molar-refractivity contribution is 0.111. The molecule has 1 heterocycles. The maximum absolute atomic E-state index is 10.7. The van der Waals surface area contributed by atoms with Crippen molar-refractivity contribution in [3.63, 3.8) is 0 Å². The Bertz CT molecular complexity index is 505. The van der Waals surface area contributed by atoms with Crippen LogP contribution in [0.25, 0.3) is 11.4 Å². The predicted molar refractivity (Wildman–Crippen MR) is 61.8 cm³/mol. The largest absolute Gasteiger partial charge is 0.341 e. The number of carbonyl (C=O) groups excluding carboxylic acids is 1. The zero-order valence-corrected chi connectivity index (χ0v) is 9.71. The summed E-state index contributed by atoms with van der Waals surface area (Å²) in [4.78, 5) is 17.9. The van der Waals surface area contributed by atoms with Gasteiger partial charge in [-0.25, -0.2) is 4.98 Å². The van der Waals surface area contributed by atoms with Gasteiger partial charge in [-0.1, -0.05) is 34.1 Å². The first kappa shape index (κ1) is 10.1. The summed E-state index contributed by atoms with van der Waals surface area (Å²) in [7, 11) is 0. The Morgan fingerprint density at radius 1 is 1.40 bits per heavy atom. The summed E-state index contributed by atoms with van der Waals surface area (Å²) in [5.41, 5.74) is 2.20. The maximum Gasteiger partial charge on any atom is 0.170 e. The quantitative estimate of drug-likeness (QED) is 0.848. The number of halogens is 1. The zero-order chi connectivity index (χ0) is 10.8. The molecule has 0 saturated carbocycles. The Labute approximate surface area is 95.7 Å². The highest BCUT2D eigenvalue weighted by Crippen LogP contribution is 2.25. The van der Waals surface area contributed by atoms with Gasteiger partial charge in [0.05, 0.1) is 0 Å². The Hall–Kier alpha value is -1.42. The van der Waals surface area contributed by atoms with Gasteiger partial charge in [-0.2, -0.15) is 0 Å². The first-order valence-corrected chi connectivity index (χ1v) is 5.28. The number of H-pyrrole nitrogens is 1. The molecule has 1 aromatic heterocycles. The average Bonchev–Trinajstić information content (AvgIpc) is 2.60. The van der Waals surface area contributed by atoms with Crippen molar-refractivity contribution >= 4 is 22.2 Å². The van der Waals surface area contributed by atoms with Crippen molar-refractivity contribution in [3.8, 4) is 11.4 Å². The molecule has 4 heteroatoms. The number of hydrogen-bond acceptors (Lipinski definition) is 2. The van der Waals surface area contributed by atoms with E-state index < -0.39 is 0 Å². The lowest BCUT2D eigenvalue weighted by Gasteiger charge is -1.98. The highest BCUT2D eigenvalue weighted by molar-refractivity contribution is 9.10. The van der Waals surface area contributed by atoms with E-state index in [9.17, 15) is 4.79 Å². The monoisotopic (exact) mass is 264 g/mol. The van der Waals surface area contributed by atoms with Gasteiger partial charge in [0.15, 0.2) is 6.29 Å². The van der Waals surface area contributed by atoms with Crippen molar-refractivity contribution < 1.29 is 4.79 Å². The van der Waals surface area contributed by atoms with E-state index in [1.54, 1.807) is 0 Å². The molecule has 0 aliphatic rings. The Morgan fingerprint density at radius 3 is 2.73 bits per heavy atom. The normalized spacial score (nSPS) is 10.3. The predicted octanol–water partition coefficient (Wildman–Crippen LogP) is 2.96. The Morgan fingerprint density at radius 2 is 2.13 bits per heavy atom. The van der Waals surface area contributed by atoms with Crippen LogP contribution in [0, 0.1) is 6.92 Å². The van der Waals surface area contributed by atoms with E-state index in [2.05, 4.69) is 25.9 Å². The van der Waals surface area contributed by atoms with E-state index in [0.29, 0.717) is 11.5 Å². The third-order valence-electron chi connectivity index (χ3n) is 2.16. The summed E-state index contributed by atoms with van der Waals surface area (Å²) in [5.74, 6) is 0.710. The van der Waals surface area contributed by atoms with Crippen LogP contribution < -0.4 is 0 Å². The molecule has 2 aromatic rings. The van der Waals surface area contributed by atoms with Crippen LogP contribution in [0.3, 0.4) is 0 Å². The third-order valence-corrected chi connectivity index (χ3v) is 2.85. The van der Waals surface area contributed by atoms with E-state index in [0.717, 1.165) is 22.0 Å². The fourth-order valence-electron chi connectivity index (χ4n) is 1.37. The number of aldehydes is 1. The molecule has 3 nitrogen and oxygen atoms in total. The molecule has 0 amide bonds. The summed E-state index contributed by atoms with van der Waals surface area (Å²) in [5, 5.41) is 0. The highest BCUT2D eigenvalue weighted by atomic mass is 79.9. The number of aromatic amines is 1. The van der Waals surface area contributed by atoms with Crippen molar-refractivity contribution in [2.75, 3.05) is 0 Å². The number of nitrogens with one attached hydrogen (secondary N) is 1. The molecule has 0 radical (unpaired) electrons. The molecule has 15 heavy (non-hydrogen) atoms. The maximum atomic E-state index is 10.7. The molecule has 1 aromatic carbocycles. The van der Waals surface area contributed by atoms with E-state index in [4.69, 9.17) is 0 Å². The first-order chi connectivity index (χ1) is 7.22. The summed E-state index contributed by atoms with van der Waals surface area (Å²) in [6, 6.07) is 7.74. The van der Waals surface area contributed by atoms with Crippen molar-refractivity contribution in [1.82, 2.24) is 9.97 Å². The molecule has 0 atom stereocenters. The minimum Gasteiger partial charge on any atom is -0.341 e. The summed E-state index contributed by atoms with van der Waals surface area (Å²) < 4.78 is 0.955. The number of imidazole rings is 1. The SMILES string of the molecule is Cc1[nH]c(-c2ccccc2Br)nc1C=O. The van der Waals surface area contributed by atoms with E-state index >= 15 is 0 Å². The summed E-state index contributed by atoms with van der Waals surface area (Å²) >= 11 is 3.44. The van der Waals surface area contributed by atoms with Gasteiger partial charge < -0.3 is 4.98 Å². The molecule has 0 bridgehead atoms. The molecule has 1 N–H and O–H groups in total. The standard InChI is InChI=1S/C11H9BrN2O/c1-7-10(6-15)14-11(13-7)8-4-2-3-5-9(8)12/h2-6H,1H3,(H,13,14). The summed E-state index contributed by atoms with van der Waals surface area (Å²) in [6.07, 6.45) is 0.756. The van der Waals surface area contributed by atoms with Crippen LogP contribution in [0.5, 0.6) is 0 Å². The average molecular weight is 265 g/mol. The van der Waals surface area contributed by atoms with Crippen molar-refractivity contribution in [1.29, 1.82) is 0 Å². The van der Waals surface area contributed by atoms with Gasteiger partial charge in [0.1, 0.15) is 11.5 Å². The smallest absolute Gasteiger partial charge is 0.170 e. The van der Waals surface area contributed by atoms with Gasteiger partial charge in [0.25, 0.3) is 0 Å². The summed E-state index contributed by atoms with van der Waals surface area (Å²) in [6.45, 7) is 1.83. The molecule has 0 unspecified atom stereocenters. The van der Waals surface area contributed by atoms with E-state index in [1.807, 2.05) is 31.2 Å². The van der Waals surface area contributed by atoms with Crippen LogP contribution in [0.1, 0.15) is 16.2 Å². The van der Waals surface area contributed by atoms with Crippen LogP contribution >= 0.6 is 15.9 Å². The van der Waals surface area contributed by atoms with Crippen molar-refractivity contribution in [3.05, 3.63) is 40.1 Å². The second kappa shape index (κ2) is 3.98. The van der Waals surface area contributed by atoms with Gasteiger partial charge in [0, 0.05) is 15.7 Å². The Balaban J connectivity index is 2.55. The van der Waals surface area contributed by atoms with Crippen LogP contribution in [0.2, 0.25) is 0 Å². The van der Waals surface area contributed by atoms with Gasteiger partial charge >= 0.3 is 0 Å². The minimum atomic E-state index is 0.459. The number of aryl methyl sites for hydroxylation is 1. The number of aromatic nitrogens is 2. The number of benzene rings is 1. The minimum absolute atomic E-state index is 0.459. The van der Waals surface area contributed by atoms with Crippen molar-refractivity contribution in [2.24, 2.45) is 0 Å². The lowest BCUT2D eigenvalue weighted by Crippen LogP contribution is -1.83. The number of rotatable bonds is 2. The fraction of sp³-hybridized carbons (Fsp3) is 0.0909. The van der Waals surface area contributed by atoms with E-state index in [-0.39, 0.29) is 0 Å². The van der Waals surface area contributed by atoms with Gasteiger partial charge in [0.2, 0.25) is 0 Å². The molecular weight excluding hydrogens is 256 g/mol. The topological polar surface area (TPSA) is 45.8 Å². The molecule has 0 spiro atoms. The molecule has 0 aliphatic carbocycles. The number of nitrogens with zero attached hydrogens (tertiary/aromatic N) is 1. The molecule has 0 aliphatic heterocycles. The number of carbonyl (C=O) groups is 1. The molecule has 2 rings (SSSR count). The van der Waals surface area contributed by atoms with Crippen LogP contribution in [0.4, 0.5) is 0 Å². The molecule has 0 saturated heterocycles. The number of hydrogen-bond donors (Lipinski definition) is 1. The van der Waals surface area contributed by atoms with E-state index in [1.165, 1.54) is 0 Å². The van der Waals surface area contributed by atoms with Crippen molar-refractivity contribution in [2.45, 2.75) is 6.92 Å². The van der Waals surface area contributed by atoms with Gasteiger partial charge in [-0.3, -0.25) is 4.79 Å². The first-order valence-electron chi connectivity index (χ1n) is 4.49. The molecule has 76 valence electrons. The second-order valence-corrected chi connectivity index (χ2v) is 4.05. The molecular formula is C11H9BrN2O. The Kier molecular flexibility index (Phi) is 2.68. The van der Waals surface area contributed by atoms with Crippen LogP contribution in [0.15, 0.2) is 28.7 Å². The van der Waals surface area contributed by atoms with Crippen LogP contribution in [-0.2, 0) is 0 Å². The fourth-order valence-corrected chi connectivity index (χ4v) is 1.84. The van der Waals surface area contributed by atoms with Gasteiger partial charge in [-0.05, 0) is 13.0 Å².